The molecule has 0 atom stereocenters. The minimum Gasteiger partial charge on any atom is -0.255 e. The summed E-state index contributed by atoms with van der Waals surface area (Å²) in [6.07, 6.45) is 6.45. The summed E-state index contributed by atoms with van der Waals surface area (Å²) < 4.78 is 0. The monoisotopic (exact) mass is 242 g/mol. The molecule has 0 saturated heterocycles. The predicted molar refractivity (Wildman–Crippen MR) is 72.5 cm³/mol. The van der Waals surface area contributed by atoms with Gasteiger partial charge in [-0.05, 0) is 31.9 Å². The van der Waals surface area contributed by atoms with Crippen LogP contribution in [0.3, 0.4) is 0 Å². The molecule has 1 aliphatic carbocycles. The molecule has 3 rings (SSSR count). The summed E-state index contributed by atoms with van der Waals surface area (Å²) in [6.45, 7) is 2.08. The van der Waals surface area contributed by atoms with E-state index < -0.39 is 0 Å². The maximum Gasteiger partial charge on any atom is 0.0962 e. The Labute approximate surface area is 105 Å². The van der Waals surface area contributed by atoms with Crippen molar-refractivity contribution in [3.8, 4) is 0 Å². The van der Waals surface area contributed by atoms with Gasteiger partial charge in [0, 0.05) is 18.3 Å². The van der Waals surface area contributed by atoms with Crippen LogP contribution in [0.1, 0.15) is 34.2 Å². The molecule has 86 valence electrons. The van der Waals surface area contributed by atoms with Crippen LogP contribution in [0, 0.1) is 6.92 Å². The maximum atomic E-state index is 4.46. The number of aliphatic imine (C=N–C) groups is 1. The van der Waals surface area contributed by atoms with Crippen molar-refractivity contribution >= 4 is 23.2 Å². The van der Waals surface area contributed by atoms with Gasteiger partial charge in [0.1, 0.15) is 0 Å². The van der Waals surface area contributed by atoms with Crippen LogP contribution in [0.25, 0.3) is 0 Å². The minimum atomic E-state index is 0.738. The highest BCUT2D eigenvalue weighted by molar-refractivity contribution is 7.13. The van der Waals surface area contributed by atoms with Gasteiger partial charge in [-0.2, -0.15) is 0 Å². The molecule has 17 heavy (non-hydrogen) atoms. The first kappa shape index (κ1) is 10.7. The van der Waals surface area contributed by atoms with E-state index in [-0.39, 0.29) is 0 Å². The van der Waals surface area contributed by atoms with Crippen LogP contribution in [0.2, 0.25) is 0 Å². The molecule has 0 unspecified atom stereocenters. The Morgan fingerprint density at radius 1 is 1.29 bits per heavy atom. The molecule has 0 radical (unpaired) electrons. The summed E-state index contributed by atoms with van der Waals surface area (Å²) in [5.41, 5.74) is 2.26. The van der Waals surface area contributed by atoms with Gasteiger partial charge in [-0.15, -0.1) is 11.3 Å². The Bertz CT molecular complexity index is 536. The van der Waals surface area contributed by atoms with Gasteiger partial charge in [-0.1, -0.05) is 17.7 Å². The van der Waals surface area contributed by atoms with Crippen LogP contribution in [0.15, 0.2) is 35.5 Å². The van der Waals surface area contributed by atoms with Crippen LogP contribution in [-0.2, 0) is 0 Å². The lowest BCUT2D eigenvalue weighted by Gasteiger charge is -1.93. The van der Waals surface area contributed by atoms with E-state index >= 15 is 0 Å². The van der Waals surface area contributed by atoms with Gasteiger partial charge in [0.15, 0.2) is 0 Å². The van der Waals surface area contributed by atoms with Crippen molar-refractivity contribution in [3.63, 3.8) is 0 Å². The van der Waals surface area contributed by atoms with Crippen LogP contribution in [0.5, 0.6) is 0 Å². The average molecular weight is 242 g/mol. The molecule has 0 N–H and O–H groups in total. The van der Waals surface area contributed by atoms with E-state index in [1.165, 1.54) is 23.4 Å². The summed E-state index contributed by atoms with van der Waals surface area (Å²) in [6, 6.07) is 8.23. The van der Waals surface area contributed by atoms with Gasteiger partial charge in [0.25, 0.3) is 0 Å². The quantitative estimate of drug-likeness (QED) is 0.744. The second-order valence-corrected chi connectivity index (χ2v) is 5.56. The van der Waals surface area contributed by atoms with Crippen molar-refractivity contribution in [1.82, 2.24) is 4.98 Å². The molecule has 3 heteroatoms. The number of hydrogen-bond donors (Lipinski definition) is 0. The Morgan fingerprint density at radius 3 is 2.76 bits per heavy atom. The SMILES string of the molecule is Cc1ccc(N=Cc2cnc(C3CC3)s2)cc1. The lowest BCUT2D eigenvalue weighted by molar-refractivity contribution is 1.08. The van der Waals surface area contributed by atoms with Gasteiger partial charge in [-0.25, -0.2) is 4.98 Å². The Kier molecular flexibility index (Phi) is 2.77. The van der Waals surface area contributed by atoms with E-state index in [2.05, 4.69) is 29.0 Å². The normalized spacial score (nSPS) is 15.6. The fourth-order valence-corrected chi connectivity index (χ4v) is 2.61. The van der Waals surface area contributed by atoms with E-state index in [4.69, 9.17) is 0 Å². The molecule has 0 bridgehead atoms. The smallest absolute Gasteiger partial charge is 0.0962 e. The zero-order valence-electron chi connectivity index (χ0n) is 9.76. The lowest BCUT2D eigenvalue weighted by atomic mass is 10.2. The minimum absolute atomic E-state index is 0.738. The third-order valence-electron chi connectivity index (χ3n) is 2.84. The van der Waals surface area contributed by atoms with Crippen LogP contribution in [0.4, 0.5) is 5.69 Å². The zero-order valence-corrected chi connectivity index (χ0v) is 10.6. The molecule has 1 aromatic heterocycles. The molecule has 1 heterocycles. The Hall–Kier alpha value is -1.48. The topological polar surface area (TPSA) is 25.2 Å². The third-order valence-corrected chi connectivity index (χ3v) is 3.94. The second kappa shape index (κ2) is 4.41. The molecule has 1 fully saturated rings. The summed E-state index contributed by atoms with van der Waals surface area (Å²) in [4.78, 5) is 10.0. The van der Waals surface area contributed by atoms with E-state index in [0.717, 1.165) is 16.5 Å². The number of hydrogen-bond acceptors (Lipinski definition) is 3. The molecule has 1 saturated carbocycles. The van der Waals surface area contributed by atoms with E-state index in [1.807, 2.05) is 24.5 Å². The number of aryl methyl sites for hydroxylation is 1. The highest BCUT2D eigenvalue weighted by Gasteiger charge is 2.26. The van der Waals surface area contributed by atoms with Crippen molar-refractivity contribution in [1.29, 1.82) is 0 Å². The highest BCUT2D eigenvalue weighted by Crippen LogP contribution is 2.41. The van der Waals surface area contributed by atoms with Crippen LogP contribution in [-0.4, -0.2) is 11.2 Å². The number of thiazole rings is 1. The largest absolute Gasteiger partial charge is 0.255 e. The number of benzene rings is 1. The molecular weight excluding hydrogens is 228 g/mol. The number of aromatic nitrogens is 1. The highest BCUT2D eigenvalue weighted by atomic mass is 32.1. The van der Waals surface area contributed by atoms with Crippen molar-refractivity contribution in [2.75, 3.05) is 0 Å². The first-order valence-corrected chi connectivity index (χ1v) is 6.69. The van der Waals surface area contributed by atoms with E-state index in [0.29, 0.717) is 0 Å². The molecular formula is C14H14N2S. The Morgan fingerprint density at radius 2 is 2.06 bits per heavy atom. The summed E-state index contributed by atoms with van der Waals surface area (Å²) in [7, 11) is 0. The molecule has 2 nitrogen and oxygen atoms in total. The van der Waals surface area contributed by atoms with Gasteiger partial charge >= 0.3 is 0 Å². The molecule has 0 aliphatic heterocycles. The van der Waals surface area contributed by atoms with Crippen molar-refractivity contribution in [3.05, 3.63) is 45.9 Å². The zero-order chi connectivity index (χ0) is 11.7. The van der Waals surface area contributed by atoms with Crippen LogP contribution >= 0.6 is 11.3 Å². The standard InChI is InChI=1S/C14H14N2S/c1-10-2-6-12(7-3-10)15-8-13-9-16-14(17-13)11-4-5-11/h2-3,6-9,11H,4-5H2,1H3. The van der Waals surface area contributed by atoms with Crippen molar-refractivity contribution < 1.29 is 0 Å². The molecule has 1 aliphatic rings. The van der Waals surface area contributed by atoms with E-state index in [1.54, 1.807) is 11.3 Å². The fourth-order valence-electron chi connectivity index (χ4n) is 1.65. The lowest BCUT2D eigenvalue weighted by Crippen LogP contribution is -1.73. The van der Waals surface area contributed by atoms with Gasteiger partial charge < -0.3 is 0 Å². The van der Waals surface area contributed by atoms with Crippen molar-refractivity contribution in [2.45, 2.75) is 25.7 Å². The first-order valence-electron chi connectivity index (χ1n) is 5.88. The summed E-state index contributed by atoms with van der Waals surface area (Å²) in [5.74, 6) is 0.738. The second-order valence-electron chi connectivity index (χ2n) is 4.47. The molecule has 1 aromatic carbocycles. The fraction of sp³-hybridized carbons (Fsp3) is 0.286. The maximum absolute atomic E-state index is 4.46. The number of rotatable bonds is 3. The summed E-state index contributed by atoms with van der Waals surface area (Å²) >= 11 is 1.77. The van der Waals surface area contributed by atoms with Crippen molar-refractivity contribution in [2.24, 2.45) is 4.99 Å². The van der Waals surface area contributed by atoms with Crippen LogP contribution < -0.4 is 0 Å². The molecule has 2 aromatic rings. The summed E-state index contributed by atoms with van der Waals surface area (Å²) in [5, 5.41) is 1.27. The van der Waals surface area contributed by atoms with Gasteiger partial charge in [-0.3, -0.25) is 4.99 Å². The van der Waals surface area contributed by atoms with Gasteiger partial charge in [0.05, 0.1) is 15.6 Å². The third kappa shape index (κ3) is 2.61. The molecule has 0 spiro atoms. The molecule has 0 amide bonds. The first-order chi connectivity index (χ1) is 8.31. The Balaban J connectivity index is 1.74. The average Bonchev–Trinajstić information content (AvgIpc) is 3.09. The predicted octanol–water partition coefficient (Wildman–Crippen LogP) is 4.08. The van der Waals surface area contributed by atoms with E-state index in [9.17, 15) is 0 Å². The van der Waals surface area contributed by atoms with Gasteiger partial charge in [0.2, 0.25) is 0 Å². The number of nitrogens with zero attached hydrogens (tertiary/aromatic N) is 2.